The Bertz CT molecular complexity index is 971. The fraction of sp³-hybridized carbons (Fsp3) is 0.227. The van der Waals surface area contributed by atoms with Gasteiger partial charge < -0.3 is 15.4 Å². The van der Waals surface area contributed by atoms with Gasteiger partial charge in [-0.15, -0.1) is 0 Å². The molecule has 0 spiro atoms. The van der Waals surface area contributed by atoms with Gasteiger partial charge in [-0.05, 0) is 48.9 Å². The Kier molecular flexibility index (Phi) is 6.22. The normalized spacial score (nSPS) is 10.7. The van der Waals surface area contributed by atoms with Crippen LogP contribution >= 0.6 is 0 Å². The largest absolute Gasteiger partial charge is 0.483 e. The van der Waals surface area contributed by atoms with Crippen molar-refractivity contribution in [3.63, 3.8) is 0 Å². The van der Waals surface area contributed by atoms with Crippen molar-refractivity contribution in [2.45, 2.75) is 26.4 Å². The Morgan fingerprint density at radius 3 is 2.43 bits per heavy atom. The van der Waals surface area contributed by atoms with Gasteiger partial charge in [-0.2, -0.15) is 0 Å². The second-order valence-electron chi connectivity index (χ2n) is 6.71. The van der Waals surface area contributed by atoms with Crippen molar-refractivity contribution in [3.8, 4) is 5.75 Å². The van der Waals surface area contributed by atoms with Crippen LogP contribution < -0.4 is 15.4 Å². The molecule has 0 aliphatic rings. The molecule has 28 heavy (non-hydrogen) atoms. The topological polar surface area (TPSA) is 80.3 Å². The number of aromatic nitrogens is 1. The monoisotopic (exact) mass is 377 g/mol. The lowest BCUT2D eigenvalue weighted by Crippen LogP contribution is -2.34. The predicted molar refractivity (Wildman–Crippen MR) is 108 cm³/mol. The van der Waals surface area contributed by atoms with Crippen LogP contribution in [0, 0.1) is 0 Å². The lowest BCUT2D eigenvalue weighted by molar-refractivity contribution is -0.123. The Labute approximate surface area is 163 Å². The SMILES string of the molecule is CC(C)NC(=O)COc1cc2ccccc2cc1C(=O)NCc1ccccn1. The number of pyridine rings is 1. The molecule has 0 saturated heterocycles. The van der Waals surface area contributed by atoms with Crippen LogP contribution in [0.3, 0.4) is 0 Å². The fourth-order valence-corrected chi connectivity index (χ4v) is 2.79. The number of hydrogen-bond acceptors (Lipinski definition) is 4. The number of benzene rings is 2. The van der Waals surface area contributed by atoms with Crippen LogP contribution in [0.2, 0.25) is 0 Å². The van der Waals surface area contributed by atoms with Crippen LogP contribution in [0.1, 0.15) is 29.9 Å². The molecule has 0 unspecified atom stereocenters. The molecule has 0 saturated carbocycles. The second-order valence-corrected chi connectivity index (χ2v) is 6.71. The average molecular weight is 377 g/mol. The molecule has 144 valence electrons. The maximum atomic E-state index is 12.8. The van der Waals surface area contributed by atoms with Crippen molar-refractivity contribution < 1.29 is 14.3 Å². The van der Waals surface area contributed by atoms with E-state index in [0.717, 1.165) is 16.5 Å². The van der Waals surface area contributed by atoms with Gasteiger partial charge in [0.25, 0.3) is 11.8 Å². The van der Waals surface area contributed by atoms with E-state index in [2.05, 4.69) is 15.6 Å². The van der Waals surface area contributed by atoms with E-state index in [9.17, 15) is 9.59 Å². The van der Waals surface area contributed by atoms with Crippen LogP contribution in [-0.4, -0.2) is 29.4 Å². The number of nitrogens with zero attached hydrogens (tertiary/aromatic N) is 1. The lowest BCUT2D eigenvalue weighted by atomic mass is 10.1. The molecule has 0 radical (unpaired) electrons. The van der Waals surface area contributed by atoms with E-state index in [1.54, 1.807) is 18.3 Å². The lowest BCUT2D eigenvalue weighted by Gasteiger charge is -2.14. The van der Waals surface area contributed by atoms with Crippen molar-refractivity contribution in [3.05, 3.63) is 72.1 Å². The minimum atomic E-state index is -0.282. The molecular formula is C22H23N3O3. The van der Waals surface area contributed by atoms with Gasteiger partial charge in [-0.25, -0.2) is 0 Å². The maximum absolute atomic E-state index is 12.8. The third-order valence-electron chi connectivity index (χ3n) is 4.06. The van der Waals surface area contributed by atoms with Crippen molar-refractivity contribution in [1.82, 2.24) is 15.6 Å². The number of ether oxygens (including phenoxy) is 1. The van der Waals surface area contributed by atoms with Gasteiger partial charge in [0.15, 0.2) is 6.61 Å². The number of fused-ring (bicyclic) bond motifs is 1. The summed E-state index contributed by atoms with van der Waals surface area (Å²) < 4.78 is 5.69. The third kappa shape index (κ3) is 5.07. The predicted octanol–water partition coefficient (Wildman–Crippen LogP) is 3.07. The van der Waals surface area contributed by atoms with Crippen LogP contribution in [-0.2, 0) is 11.3 Å². The number of nitrogens with one attached hydrogen (secondary N) is 2. The summed E-state index contributed by atoms with van der Waals surface area (Å²) in [5, 5.41) is 7.49. The van der Waals surface area contributed by atoms with Gasteiger partial charge in [-0.3, -0.25) is 14.6 Å². The molecule has 0 aliphatic heterocycles. The van der Waals surface area contributed by atoms with E-state index >= 15 is 0 Å². The van der Waals surface area contributed by atoms with Gasteiger partial charge in [0.05, 0.1) is 17.8 Å². The molecule has 1 heterocycles. The second kappa shape index (κ2) is 8.99. The molecule has 0 fully saturated rings. The summed E-state index contributed by atoms with van der Waals surface area (Å²) >= 11 is 0. The summed E-state index contributed by atoms with van der Waals surface area (Å²) in [5.41, 5.74) is 1.14. The van der Waals surface area contributed by atoms with E-state index < -0.39 is 0 Å². The number of amides is 2. The van der Waals surface area contributed by atoms with Gasteiger partial charge >= 0.3 is 0 Å². The summed E-state index contributed by atoms with van der Waals surface area (Å²) in [6.07, 6.45) is 1.68. The van der Waals surface area contributed by atoms with E-state index in [0.29, 0.717) is 17.9 Å². The fourth-order valence-electron chi connectivity index (χ4n) is 2.79. The highest BCUT2D eigenvalue weighted by molar-refractivity contribution is 6.01. The van der Waals surface area contributed by atoms with Crippen molar-refractivity contribution in [1.29, 1.82) is 0 Å². The molecule has 3 rings (SSSR count). The zero-order valence-corrected chi connectivity index (χ0v) is 15.9. The van der Waals surface area contributed by atoms with Gasteiger partial charge in [0.2, 0.25) is 0 Å². The quantitative estimate of drug-likeness (QED) is 0.663. The highest BCUT2D eigenvalue weighted by Gasteiger charge is 2.16. The highest BCUT2D eigenvalue weighted by Crippen LogP contribution is 2.26. The standard InChI is InChI=1S/C22H23N3O3/c1-15(2)25-21(26)14-28-20-12-17-8-4-3-7-16(17)11-19(20)22(27)24-13-18-9-5-6-10-23-18/h3-12,15H,13-14H2,1-2H3,(H,24,27)(H,25,26). The average Bonchev–Trinajstić information content (AvgIpc) is 2.70. The third-order valence-corrected chi connectivity index (χ3v) is 4.06. The number of rotatable bonds is 7. The van der Waals surface area contributed by atoms with Gasteiger partial charge in [0, 0.05) is 12.2 Å². The molecule has 3 aromatic rings. The summed E-state index contributed by atoms with van der Waals surface area (Å²) in [7, 11) is 0. The first kappa shape index (κ1) is 19.4. The summed E-state index contributed by atoms with van der Waals surface area (Å²) in [6.45, 7) is 3.91. The first-order valence-electron chi connectivity index (χ1n) is 9.16. The number of carbonyl (C=O) groups is 2. The highest BCUT2D eigenvalue weighted by atomic mass is 16.5. The van der Waals surface area contributed by atoms with Crippen molar-refractivity contribution >= 4 is 22.6 Å². The Hall–Kier alpha value is -3.41. The molecule has 0 atom stereocenters. The molecule has 0 aliphatic carbocycles. The minimum Gasteiger partial charge on any atom is -0.483 e. The molecule has 6 nitrogen and oxygen atoms in total. The van der Waals surface area contributed by atoms with E-state index in [-0.39, 0.29) is 24.5 Å². The van der Waals surface area contributed by atoms with Crippen LogP contribution in [0.25, 0.3) is 10.8 Å². The van der Waals surface area contributed by atoms with Crippen LogP contribution in [0.4, 0.5) is 0 Å². The molecule has 2 amide bonds. The Morgan fingerprint density at radius 1 is 1.04 bits per heavy atom. The Balaban J connectivity index is 1.81. The summed E-state index contributed by atoms with van der Waals surface area (Å²) in [4.78, 5) is 28.9. The molecule has 1 aromatic heterocycles. The van der Waals surface area contributed by atoms with E-state index in [1.165, 1.54) is 0 Å². The van der Waals surface area contributed by atoms with Crippen LogP contribution in [0.5, 0.6) is 5.75 Å². The zero-order valence-electron chi connectivity index (χ0n) is 15.9. The molecule has 6 heteroatoms. The van der Waals surface area contributed by atoms with E-state index in [4.69, 9.17) is 4.74 Å². The first-order chi connectivity index (χ1) is 13.5. The Morgan fingerprint density at radius 2 is 1.75 bits per heavy atom. The van der Waals surface area contributed by atoms with Gasteiger partial charge in [0.1, 0.15) is 5.75 Å². The zero-order chi connectivity index (χ0) is 19.9. The minimum absolute atomic E-state index is 0.0221. The van der Waals surface area contributed by atoms with Gasteiger partial charge in [-0.1, -0.05) is 30.3 Å². The summed E-state index contributed by atoms with van der Waals surface area (Å²) in [6, 6.07) is 16.8. The summed E-state index contributed by atoms with van der Waals surface area (Å²) in [5.74, 6) is -0.144. The van der Waals surface area contributed by atoms with Crippen molar-refractivity contribution in [2.24, 2.45) is 0 Å². The van der Waals surface area contributed by atoms with E-state index in [1.807, 2.05) is 56.3 Å². The molecule has 0 bridgehead atoms. The number of hydrogen-bond donors (Lipinski definition) is 2. The van der Waals surface area contributed by atoms with Crippen molar-refractivity contribution in [2.75, 3.05) is 6.61 Å². The molecule has 2 aromatic carbocycles. The molecule has 2 N–H and O–H groups in total. The smallest absolute Gasteiger partial charge is 0.258 e. The molecular weight excluding hydrogens is 354 g/mol. The van der Waals surface area contributed by atoms with Crippen LogP contribution in [0.15, 0.2) is 60.8 Å². The maximum Gasteiger partial charge on any atom is 0.258 e. The first-order valence-corrected chi connectivity index (χ1v) is 9.16. The number of carbonyl (C=O) groups excluding carboxylic acids is 2.